The van der Waals surface area contributed by atoms with Gasteiger partial charge >= 0.3 is 11.9 Å². The molecule has 0 heterocycles. The second kappa shape index (κ2) is 5.54. The van der Waals surface area contributed by atoms with Crippen molar-refractivity contribution < 1.29 is 44.3 Å². The van der Waals surface area contributed by atoms with Gasteiger partial charge in [0.25, 0.3) is 9.84 Å². The number of alkyl halides is 6. The molecular formula is C10H6F6O4S. The number of sulfone groups is 1. The molecule has 1 aromatic rings. The van der Waals surface area contributed by atoms with Gasteiger partial charge in [-0.2, -0.15) is 13.2 Å². The van der Waals surface area contributed by atoms with Gasteiger partial charge in [-0.05, 0) is 24.3 Å². The lowest BCUT2D eigenvalue weighted by atomic mass is 10.1. The number of ether oxygens (including phenoxy) is 1. The van der Waals surface area contributed by atoms with Gasteiger partial charge in [0.1, 0.15) is 11.5 Å². The van der Waals surface area contributed by atoms with E-state index in [1.807, 2.05) is 0 Å². The summed E-state index contributed by atoms with van der Waals surface area (Å²) in [5.41, 5.74) is -6.07. The van der Waals surface area contributed by atoms with Gasteiger partial charge in [-0.25, -0.2) is 8.42 Å². The van der Waals surface area contributed by atoms with Crippen LogP contribution in [0.4, 0.5) is 26.3 Å². The minimum atomic E-state index is -5.64. The Morgan fingerprint density at radius 2 is 1.48 bits per heavy atom. The monoisotopic (exact) mass is 336 g/mol. The van der Waals surface area contributed by atoms with Crippen LogP contribution in [0, 0.1) is 0 Å². The number of carbonyl (C=O) groups is 1. The van der Waals surface area contributed by atoms with E-state index in [9.17, 15) is 39.6 Å². The first-order valence-electron chi connectivity index (χ1n) is 5.00. The predicted molar refractivity (Wildman–Crippen MR) is 57.3 cm³/mol. The summed E-state index contributed by atoms with van der Waals surface area (Å²) in [4.78, 5) is 11.4. The van der Waals surface area contributed by atoms with Gasteiger partial charge in [-0.1, -0.05) is 0 Å². The summed E-state index contributed by atoms with van der Waals surface area (Å²) in [5, 5.41) is 0. The molecule has 1 aromatic carbocycles. The highest BCUT2D eigenvalue weighted by Gasteiger charge is 2.46. The van der Waals surface area contributed by atoms with Crippen LogP contribution in [0.1, 0.15) is 10.4 Å². The van der Waals surface area contributed by atoms with Gasteiger partial charge in [0.2, 0.25) is 0 Å². The normalized spacial score (nSPS) is 13.0. The molecule has 21 heavy (non-hydrogen) atoms. The molecule has 4 nitrogen and oxygen atoms in total. The zero-order valence-corrected chi connectivity index (χ0v) is 10.6. The molecule has 0 aromatic heterocycles. The summed E-state index contributed by atoms with van der Waals surface area (Å²) in [6.45, 7) is 0. The maximum atomic E-state index is 12.1. The molecular weight excluding hydrogens is 330 g/mol. The Hall–Kier alpha value is -1.78. The Morgan fingerprint density at radius 1 is 1.00 bits per heavy atom. The molecule has 0 amide bonds. The molecule has 0 aliphatic rings. The van der Waals surface area contributed by atoms with Crippen LogP contribution in [0.25, 0.3) is 0 Å². The summed E-state index contributed by atoms with van der Waals surface area (Å²) in [7, 11) is -5.64. The molecule has 0 fully saturated rings. The molecule has 0 saturated carbocycles. The summed E-state index contributed by atoms with van der Waals surface area (Å²) < 4.78 is 96.8. The lowest BCUT2D eigenvalue weighted by molar-refractivity contribution is -0.274. The minimum absolute atomic E-state index is 0.489. The number of benzene rings is 1. The average Bonchev–Trinajstić information content (AvgIpc) is 2.25. The molecule has 0 saturated heterocycles. The topological polar surface area (TPSA) is 60.4 Å². The highest BCUT2D eigenvalue weighted by Crippen LogP contribution is 2.26. The smallest absolute Gasteiger partial charge is 0.406 e. The lowest BCUT2D eigenvalue weighted by Crippen LogP contribution is -2.30. The lowest BCUT2D eigenvalue weighted by Gasteiger charge is -2.09. The van der Waals surface area contributed by atoms with Crippen molar-refractivity contribution in [1.29, 1.82) is 0 Å². The van der Waals surface area contributed by atoms with Crippen LogP contribution in [0.5, 0.6) is 5.75 Å². The van der Waals surface area contributed by atoms with Crippen molar-refractivity contribution in [2.75, 3.05) is 5.75 Å². The van der Waals surface area contributed by atoms with Crippen LogP contribution in [0.2, 0.25) is 0 Å². The minimum Gasteiger partial charge on any atom is -0.406 e. The maximum absolute atomic E-state index is 12.1. The summed E-state index contributed by atoms with van der Waals surface area (Å²) >= 11 is 0. The van der Waals surface area contributed by atoms with Gasteiger partial charge in [-0.15, -0.1) is 13.2 Å². The van der Waals surface area contributed by atoms with Gasteiger partial charge < -0.3 is 4.74 Å². The first-order chi connectivity index (χ1) is 9.32. The van der Waals surface area contributed by atoms with Crippen molar-refractivity contribution in [2.45, 2.75) is 11.9 Å². The third-order valence-electron chi connectivity index (χ3n) is 2.08. The molecule has 0 unspecified atom stereocenters. The Balaban J connectivity index is 2.86. The fourth-order valence-electron chi connectivity index (χ4n) is 1.18. The number of rotatable bonds is 4. The molecule has 0 aliphatic heterocycles. The van der Waals surface area contributed by atoms with Crippen molar-refractivity contribution >= 4 is 15.6 Å². The van der Waals surface area contributed by atoms with Gasteiger partial charge in [0, 0.05) is 5.56 Å². The molecule has 11 heteroatoms. The molecule has 0 spiro atoms. The zero-order chi connectivity index (χ0) is 16.5. The maximum Gasteiger partial charge on any atom is 0.573 e. The number of ketones is 1. The fourth-order valence-corrected chi connectivity index (χ4v) is 1.86. The van der Waals surface area contributed by atoms with Crippen LogP contribution in [-0.2, 0) is 9.84 Å². The number of hydrogen-bond acceptors (Lipinski definition) is 4. The van der Waals surface area contributed by atoms with Crippen LogP contribution in [0.15, 0.2) is 24.3 Å². The second-order valence-corrected chi connectivity index (χ2v) is 5.68. The van der Waals surface area contributed by atoms with E-state index >= 15 is 0 Å². The van der Waals surface area contributed by atoms with E-state index in [1.165, 1.54) is 0 Å². The Bertz CT molecular complexity index is 614. The summed E-state index contributed by atoms with van der Waals surface area (Å²) in [6.07, 6.45) is -4.97. The van der Waals surface area contributed by atoms with E-state index in [4.69, 9.17) is 0 Å². The van der Waals surface area contributed by atoms with E-state index in [2.05, 4.69) is 4.74 Å². The molecule has 0 aliphatic carbocycles. The largest absolute Gasteiger partial charge is 0.573 e. The summed E-state index contributed by atoms with van der Waals surface area (Å²) in [5.74, 6) is -3.92. The molecule has 118 valence electrons. The predicted octanol–water partition coefficient (Wildman–Crippen LogP) is 2.70. The van der Waals surface area contributed by atoms with Crippen LogP contribution in [0.3, 0.4) is 0 Å². The first kappa shape index (κ1) is 17.3. The standard InChI is InChI=1S/C10H6F6O4S/c11-9(12,13)20-7-3-1-6(2-4-7)8(17)5-21(18,19)10(14,15)16/h1-4H,5H2. The molecule has 0 atom stereocenters. The number of hydrogen-bond donors (Lipinski definition) is 0. The Labute approximate surface area is 114 Å². The van der Waals surface area contributed by atoms with E-state index in [0.717, 1.165) is 12.1 Å². The van der Waals surface area contributed by atoms with Crippen LogP contribution in [-0.4, -0.2) is 31.8 Å². The fraction of sp³-hybridized carbons (Fsp3) is 0.300. The molecule has 0 radical (unpaired) electrons. The van der Waals surface area contributed by atoms with Crippen LogP contribution >= 0.6 is 0 Å². The first-order valence-corrected chi connectivity index (χ1v) is 6.65. The zero-order valence-electron chi connectivity index (χ0n) is 9.83. The molecule has 0 N–H and O–H groups in total. The van der Waals surface area contributed by atoms with Crippen LogP contribution < -0.4 is 4.74 Å². The van der Waals surface area contributed by atoms with Crippen molar-refractivity contribution in [3.63, 3.8) is 0 Å². The third-order valence-corrected chi connectivity index (χ3v) is 3.43. The van der Waals surface area contributed by atoms with E-state index < -0.39 is 44.6 Å². The molecule has 0 bridgehead atoms. The van der Waals surface area contributed by atoms with Crippen molar-refractivity contribution in [2.24, 2.45) is 0 Å². The average molecular weight is 336 g/mol. The van der Waals surface area contributed by atoms with E-state index in [-0.39, 0.29) is 0 Å². The Kier molecular flexibility index (Phi) is 4.56. The Morgan fingerprint density at radius 3 is 1.86 bits per heavy atom. The highest BCUT2D eigenvalue weighted by molar-refractivity contribution is 7.92. The highest BCUT2D eigenvalue weighted by atomic mass is 32.2. The SMILES string of the molecule is O=C(CS(=O)(=O)C(F)(F)F)c1ccc(OC(F)(F)F)cc1. The third kappa shape index (κ3) is 4.92. The summed E-state index contributed by atoms with van der Waals surface area (Å²) in [6, 6.07) is 2.83. The van der Waals surface area contributed by atoms with E-state index in [1.54, 1.807) is 0 Å². The van der Waals surface area contributed by atoms with Gasteiger partial charge in [-0.3, -0.25) is 4.79 Å². The van der Waals surface area contributed by atoms with Crippen molar-refractivity contribution in [3.05, 3.63) is 29.8 Å². The number of carbonyl (C=O) groups excluding carboxylic acids is 1. The number of Topliss-reactive ketones (excluding diaryl/α,β-unsaturated/α-hetero) is 1. The van der Waals surface area contributed by atoms with Crippen molar-refractivity contribution in [1.82, 2.24) is 0 Å². The van der Waals surface area contributed by atoms with Gasteiger partial charge in [0.05, 0.1) is 0 Å². The van der Waals surface area contributed by atoms with Gasteiger partial charge in [0.15, 0.2) is 5.78 Å². The quantitative estimate of drug-likeness (QED) is 0.627. The number of halogens is 6. The van der Waals surface area contributed by atoms with Crippen molar-refractivity contribution in [3.8, 4) is 5.75 Å². The van der Waals surface area contributed by atoms with E-state index in [0.29, 0.717) is 12.1 Å². The second-order valence-electron chi connectivity index (χ2n) is 3.70. The molecule has 1 rings (SSSR count).